The van der Waals surface area contributed by atoms with Crippen LogP contribution in [-0.4, -0.2) is 54.3 Å². The fraction of sp³-hybridized carbons (Fsp3) is 0.385. The number of methoxy groups -OCH3 is 2. The van der Waals surface area contributed by atoms with Gasteiger partial charge in [0.15, 0.2) is 17.2 Å². The summed E-state index contributed by atoms with van der Waals surface area (Å²) in [5, 5.41) is 18.6. The van der Waals surface area contributed by atoms with Gasteiger partial charge in [0, 0.05) is 22.8 Å². The maximum atomic E-state index is 13.1. The van der Waals surface area contributed by atoms with Gasteiger partial charge in [-0.3, -0.25) is 4.79 Å². The number of amides is 1. The number of nitrogens with one attached hydrogen (secondary N) is 1. The molecule has 1 amide bonds. The zero-order valence-corrected chi connectivity index (χ0v) is 20.7. The van der Waals surface area contributed by atoms with Crippen LogP contribution in [-0.2, 0) is 12.8 Å². The van der Waals surface area contributed by atoms with E-state index < -0.39 is 6.10 Å². The van der Waals surface area contributed by atoms with Gasteiger partial charge >= 0.3 is 0 Å². The number of ether oxygens (including phenoxy) is 3. The molecule has 0 bridgehead atoms. The van der Waals surface area contributed by atoms with Crippen LogP contribution >= 0.6 is 11.6 Å². The molecular formula is C26H30ClN3O5. The Hall–Kier alpha value is -3.23. The van der Waals surface area contributed by atoms with Gasteiger partial charge < -0.3 is 24.6 Å². The van der Waals surface area contributed by atoms with E-state index in [4.69, 9.17) is 25.8 Å². The molecule has 1 unspecified atom stereocenters. The molecule has 2 N–H and O–H groups in total. The van der Waals surface area contributed by atoms with Crippen molar-refractivity contribution in [1.29, 1.82) is 0 Å². The molecule has 1 aromatic heterocycles. The predicted molar refractivity (Wildman–Crippen MR) is 133 cm³/mol. The van der Waals surface area contributed by atoms with E-state index >= 15 is 0 Å². The molecular weight excluding hydrogens is 470 g/mol. The van der Waals surface area contributed by atoms with Gasteiger partial charge in [-0.15, -0.1) is 0 Å². The molecule has 0 saturated heterocycles. The second-order valence-corrected chi connectivity index (χ2v) is 8.83. The minimum atomic E-state index is -0.939. The molecule has 0 saturated carbocycles. The second kappa shape index (κ2) is 11.5. The summed E-state index contributed by atoms with van der Waals surface area (Å²) in [4.78, 5) is 13.1. The summed E-state index contributed by atoms with van der Waals surface area (Å²) in [6, 6.07) is 12.7. The molecule has 186 valence electrons. The Bertz CT molecular complexity index is 1140. The number of carbonyl (C=O) groups excluding carboxylic acids is 1. The number of fused-ring (bicyclic) bond motifs is 1. The minimum Gasteiger partial charge on any atom is -0.493 e. The highest BCUT2D eigenvalue weighted by molar-refractivity contribution is 6.30. The molecule has 0 radical (unpaired) electrons. The third-order valence-electron chi connectivity index (χ3n) is 6.02. The molecule has 8 nitrogen and oxygen atoms in total. The lowest BCUT2D eigenvalue weighted by atomic mass is 10.1. The van der Waals surface area contributed by atoms with E-state index in [-0.39, 0.29) is 19.1 Å². The number of hydrogen-bond acceptors (Lipinski definition) is 6. The molecule has 1 atom stereocenters. The minimum absolute atomic E-state index is 0.0128. The summed E-state index contributed by atoms with van der Waals surface area (Å²) in [6.07, 6.45) is 3.89. The maximum Gasteiger partial charge on any atom is 0.272 e. The van der Waals surface area contributed by atoms with Crippen molar-refractivity contribution in [2.45, 2.75) is 38.2 Å². The third kappa shape index (κ3) is 5.71. The molecule has 35 heavy (non-hydrogen) atoms. The third-order valence-corrected chi connectivity index (χ3v) is 6.27. The molecule has 0 spiro atoms. The summed E-state index contributed by atoms with van der Waals surface area (Å²) in [5.41, 5.74) is 3.30. The van der Waals surface area contributed by atoms with Crippen molar-refractivity contribution in [3.8, 4) is 22.9 Å². The van der Waals surface area contributed by atoms with Crippen molar-refractivity contribution >= 4 is 17.5 Å². The van der Waals surface area contributed by atoms with Gasteiger partial charge in [0.25, 0.3) is 5.91 Å². The van der Waals surface area contributed by atoms with Crippen LogP contribution in [0.15, 0.2) is 42.5 Å². The van der Waals surface area contributed by atoms with Crippen LogP contribution in [0.2, 0.25) is 5.02 Å². The molecule has 9 heteroatoms. The zero-order valence-electron chi connectivity index (χ0n) is 19.9. The SMILES string of the molecule is COc1cccc(OC)c1OCC(O)CNC(=O)c1nn(-c2ccc(Cl)cc2)c2c1CCCCC2. The van der Waals surface area contributed by atoms with E-state index in [1.807, 2.05) is 28.9 Å². The van der Waals surface area contributed by atoms with Crippen molar-refractivity contribution in [1.82, 2.24) is 15.1 Å². The Labute approximate surface area is 209 Å². The van der Waals surface area contributed by atoms with Crippen LogP contribution < -0.4 is 19.5 Å². The number of halogens is 1. The molecule has 0 fully saturated rings. The molecule has 4 rings (SSSR count). The average Bonchev–Trinajstić information content (AvgIpc) is 3.06. The zero-order chi connectivity index (χ0) is 24.8. The van der Waals surface area contributed by atoms with Gasteiger partial charge in [-0.05, 0) is 62.1 Å². The number of benzene rings is 2. The van der Waals surface area contributed by atoms with Crippen LogP contribution in [0, 0.1) is 0 Å². The normalized spacial score (nSPS) is 13.9. The number of aliphatic hydroxyl groups excluding tert-OH is 1. The number of para-hydroxylation sites is 1. The van der Waals surface area contributed by atoms with E-state index in [2.05, 4.69) is 10.4 Å². The molecule has 2 aromatic carbocycles. The Kier molecular flexibility index (Phi) is 8.15. The van der Waals surface area contributed by atoms with Crippen LogP contribution in [0.5, 0.6) is 17.2 Å². The van der Waals surface area contributed by atoms with Gasteiger partial charge in [0.1, 0.15) is 12.7 Å². The number of nitrogens with zero attached hydrogens (tertiary/aromatic N) is 2. The van der Waals surface area contributed by atoms with Gasteiger partial charge in [-0.1, -0.05) is 24.1 Å². The highest BCUT2D eigenvalue weighted by Gasteiger charge is 2.25. The summed E-state index contributed by atoms with van der Waals surface area (Å²) in [7, 11) is 3.06. The fourth-order valence-corrected chi connectivity index (χ4v) is 4.37. The van der Waals surface area contributed by atoms with Crippen molar-refractivity contribution in [2.24, 2.45) is 0 Å². The smallest absolute Gasteiger partial charge is 0.272 e. The van der Waals surface area contributed by atoms with E-state index in [0.29, 0.717) is 28.0 Å². The molecule has 3 aromatic rings. The first-order valence-corrected chi connectivity index (χ1v) is 12.1. The summed E-state index contributed by atoms with van der Waals surface area (Å²) in [5.74, 6) is 1.08. The maximum absolute atomic E-state index is 13.1. The lowest BCUT2D eigenvalue weighted by Crippen LogP contribution is -2.36. The Morgan fingerprint density at radius 2 is 1.77 bits per heavy atom. The van der Waals surface area contributed by atoms with Crippen LogP contribution in [0.1, 0.15) is 41.0 Å². The quantitative estimate of drug-likeness (QED) is 0.432. The Balaban J connectivity index is 1.45. The summed E-state index contributed by atoms with van der Waals surface area (Å²) >= 11 is 6.05. The van der Waals surface area contributed by atoms with Gasteiger partial charge in [0.2, 0.25) is 5.75 Å². The largest absolute Gasteiger partial charge is 0.493 e. The summed E-state index contributed by atoms with van der Waals surface area (Å²) < 4.78 is 18.2. The molecule has 1 heterocycles. The highest BCUT2D eigenvalue weighted by atomic mass is 35.5. The van der Waals surface area contributed by atoms with Gasteiger partial charge in [-0.25, -0.2) is 4.68 Å². The molecule has 1 aliphatic carbocycles. The number of hydrogen-bond donors (Lipinski definition) is 2. The summed E-state index contributed by atoms with van der Waals surface area (Å²) in [6.45, 7) is -0.0345. The number of rotatable bonds is 9. The predicted octanol–water partition coefficient (Wildman–Crippen LogP) is 3.98. The number of aliphatic hydroxyl groups is 1. The van der Waals surface area contributed by atoms with Crippen molar-refractivity contribution in [3.05, 3.63) is 64.4 Å². The van der Waals surface area contributed by atoms with Crippen LogP contribution in [0.25, 0.3) is 5.69 Å². The van der Waals surface area contributed by atoms with Crippen molar-refractivity contribution in [3.63, 3.8) is 0 Å². The number of carbonyl (C=O) groups is 1. The monoisotopic (exact) mass is 499 g/mol. The lowest BCUT2D eigenvalue weighted by Gasteiger charge is -2.17. The Morgan fingerprint density at radius 3 is 2.46 bits per heavy atom. The number of aromatic nitrogens is 2. The van der Waals surface area contributed by atoms with Crippen molar-refractivity contribution < 1.29 is 24.1 Å². The lowest BCUT2D eigenvalue weighted by molar-refractivity contribution is 0.0829. The Morgan fingerprint density at radius 1 is 1.09 bits per heavy atom. The standard InChI is InChI=1S/C26H30ClN3O5/c1-33-22-9-6-10-23(34-2)25(22)35-16-19(31)15-28-26(32)24-20-7-4-3-5-8-21(20)30(29-24)18-13-11-17(27)12-14-18/h6,9-14,19,31H,3-5,7-8,15-16H2,1-2H3,(H,28,32). The average molecular weight is 500 g/mol. The van der Waals surface area contributed by atoms with Crippen LogP contribution in [0.4, 0.5) is 0 Å². The van der Waals surface area contributed by atoms with E-state index in [9.17, 15) is 9.90 Å². The van der Waals surface area contributed by atoms with E-state index in [1.165, 1.54) is 14.2 Å². The van der Waals surface area contributed by atoms with Gasteiger partial charge in [0.05, 0.1) is 19.9 Å². The van der Waals surface area contributed by atoms with Crippen LogP contribution in [0.3, 0.4) is 0 Å². The first-order chi connectivity index (χ1) is 17.0. The molecule has 0 aliphatic heterocycles. The highest BCUT2D eigenvalue weighted by Crippen LogP contribution is 2.36. The second-order valence-electron chi connectivity index (χ2n) is 8.39. The first kappa shape index (κ1) is 24.9. The fourth-order valence-electron chi connectivity index (χ4n) is 4.25. The molecule has 1 aliphatic rings. The van der Waals surface area contributed by atoms with E-state index in [0.717, 1.165) is 49.0 Å². The van der Waals surface area contributed by atoms with Gasteiger partial charge in [-0.2, -0.15) is 5.10 Å². The van der Waals surface area contributed by atoms with E-state index in [1.54, 1.807) is 18.2 Å². The first-order valence-electron chi connectivity index (χ1n) is 11.7. The van der Waals surface area contributed by atoms with Crippen molar-refractivity contribution in [2.75, 3.05) is 27.4 Å². The topological polar surface area (TPSA) is 94.8 Å².